The van der Waals surface area contributed by atoms with Crippen LogP contribution in [0.4, 0.5) is 10.5 Å². The fraction of sp³-hybridized carbons (Fsp3) is 0.600. The van der Waals surface area contributed by atoms with E-state index >= 15 is 0 Å². The summed E-state index contributed by atoms with van der Waals surface area (Å²) in [5.41, 5.74) is 1.63. The van der Waals surface area contributed by atoms with Gasteiger partial charge < -0.3 is 9.84 Å². The van der Waals surface area contributed by atoms with E-state index in [2.05, 4.69) is 18.8 Å². The molecule has 1 aromatic heterocycles. The lowest BCUT2D eigenvalue weighted by molar-refractivity contribution is 0.0579. The van der Waals surface area contributed by atoms with E-state index in [1.807, 2.05) is 20.8 Å². The molecule has 2 rings (SSSR count). The van der Waals surface area contributed by atoms with Crippen molar-refractivity contribution in [3.05, 3.63) is 23.5 Å². The summed E-state index contributed by atoms with van der Waals surface area (Å²) in [6.45, 7) is 10.1. The molecule has 0 aliphatic carbocycles. The Hall–Kier alpha value is -1.62. The van der Waals surface area contributed by atoms with Gasteiger partial charge in [-0.05, 0) is 26.8 Å². The van der Waals surface area contributed by atoms with Gasteiger partial charge in [0, 0.05) is 23.7 Å². The maximum Gasteiger partial charge on any atom is 0.414 e. The molecule has 5 heteroatoms. The van der Waals surface area contributed by atoms with Crippen LogP contribution >= 0.6 is 0 Å². The lowest BCUT2D eigenvalue weighted by Gasteiger charge is -2.26. The highest BCUT2D eigenvalue weighted by molar-refractivity contribution is 5.91. The lowest BCUT2D eigenvalue weighted by Crippen LogP contribution is -2.38. The number of pyridine rings is 1. The Morgan fingerprint density at radius 2 is 2.15 bits per heavy atom. The van der Waals surface area contributed by atoms with Crippen LogP contribution in [0.3, 0.4) is 0 Å². The normalized spacial score (nSPS) is 17.0. The van der Waals surface area contributed by atoms with E-state index in [-0.39, 0.29) is 18.1 Å². The fourth-order valence-electron chi connectivity index (χ4n) is 2.36. The average Bonchev–Trinajstić information content (AvgIpc) is 2.59. The number of anilines is 1. The molecule has 0 unspecified atom stereocenters. The standard InChI is InChI=1S/C15H22N2O3/c1-14(2,3)20-13(19)17-9-15(4,5)11-7-16-10(8-18)6-12(11)17/h6-7,18H,8-9H2,1-5H3. The third-order valence-electron chi connectivity index (χ3n) is 3.29. The van der Waals surface area contributed by atoms with Crippen LogP contribution in [0.15, 0.2) is 12.3 Å². The summed E-state index contributed by atoms with van der Waals surface area (Å²) in [6.07, 6.45) is 1.38. The van der Waals surface area contributed by atoms with Gasteiger partial charge in [0.1, 0.15) is 5.60 Å². The molecule has 0 saturated carbocycles. The molecule has 0 atom stereocenters. The number of amides is 1. The van der Waals surface area contributed by atoms with Crippen molar-refractivity contribution in [1.82, 2.24) is 4.98 Å². The molecule has 1 N–H and O–H groups in total. The van der Waals surface area contributed by atoms with Gasteiger partial charge in [-0.1, -0.05) is 13.8 Å². The number of hydrogen-bond acceptors (Lipinski definition) is 4. The predicted octanol–water partition coefficient (Wildman–Crippen LogP) is 2.61. The third-order valence-corrected chi connectivity index (χ3v) is 3.29. The summed E-state index contributed by atoms with van der Waals surface area (Å²) >= 11 is 0. The molecule has 0 aromatic carbocycles. The predicted molar refractivity (Wildman–Crippen MR) is 76.8 cm³/mol. The maximum absolute atomic E-state index is 12.3. The van der Waals surface area contributed by atoms with Gasteiger partial charge in [0.15, 0.2) is 0 Å². The molecule has 5 nitrogen and oxygen atoms in total. The van der Waals surface area contributed by atoms with Crippen molar-refractivity contribution < 1.29 is 14.6 Å². The Bertz CT molecular complexity index is 532. The van der Waals surface area contributed by atoms with E-state index < -0.39 is 5.60 Å². The SMILES string of the molecule is CC(C)(C)OC(=O)N1CC(C)(C)c2cnc(CO)cc21. The Morgan fingerprint density at radius 3 is 2.70 bits per heavy atom. The molecule has 1 amide bonds. The molecule has 1 aromatic rings. The largest absolute Gasteiger partial charge is 0.443 e. The highest BCUT2D eigenvalue weighted by Crippen LogP contribution is 2.40. The van der Waals surface area contributed by atoms with Crippen molar-refractivity contribution in [1.29, 1.82) is 0 Å². The van der Waals surface area contributed by atoms with E-state index in [4.69, 9.17) is 4.74 Å². The van der Waals surface area contributed by atoms with Gasteiger partial charge in [-0.25, -0.2) is 4.79 Å². The first-order valence-electron chi connectivity index (χ1n) is 6.75. The minimum Gasteiger partial charge on any atom is -0.443 e. The second kappa shape index (κ2) is 4.74. The van der Waals surface area contributed by atoms with Crippen LogP contribution in [-0.4, -0.2) is 28.3 Å². The van der Waals surface area contributed by atoms with Crippen LogP contribution in [0.25, 0.3) is 0 Å². The summed E-state index contributed by atoms with van der Waals surface area (Å²) in [6, 6.07) is 1.76. The molecule has 0 spiro atoms. The van der Waals surface area contributed by atoms with E-state index in [0.717, 1.165) is 11.3 Å². The Morgan fingerprint density at radius 1 is 1.50 bits per heavy atom. The van der Waals surface area contributed by atoms with Gasteiger partial charge in [-0.3, -0.25) is 9.88 Å². The second-order valence-electron chi connectivity index (χ2n) is 6.80. The van der Waals surface area contributed by atoms with E-state index in [1.165, 1.54) is 0 Å². The first kappa shape index (κ1) is 14.8. The summed E-state index contributed by atoms with van der Waals surface area (Å²) in [5.74, 6) is 0. The molecule has 2 heterocycles. The quantitative estimate of drug-likeness (QED) is 0.857. The molecule has 0 bridgehead atoms. The number of nitrogens with zero attached hydrogens (tertiary/aromatic N) is 2. The number of fused-ring (bicyclic) bond motifs is 1. The van der Waals surface area contributed by atoms with Crippen LogP contribution in [-0.2, 0) is 16.8 Å². The Kier molecular flexibility index (Phi) is 3.50. The van der Waals surface area contributed by atoms with Gasteiger partial charge in [0.05, 0.1) is 18.0 Å². The van der Waals surface area contributed by atoms with Gasteiger partial charge >= 0.3 is 6.09 Å². The van der Waals surface area contributed by atoms with E-state index in [0.29, 0.717) is 12.2 Å². The third kappa shape index (κ3) is 2.77. The van der Waals surface area contributed by atoms with Gasteiger partial charge in [-0.2, -0.15) is 0 Å². The zero-order valence-corrected chi connectivity index (χ0v) is 12.7. The molecular formula is C15H22N2O3. The molecule has 0 radical (unpaired) electrons. The molecular weight excluding hydrogens is 256 g/mol. The van der Waals surface area contributed by atoms with Gasteiger partial charge in [0.2, 0.25) is 0 Å². The van der Waals surface area contributed by atoms with Crippen LogP contribution in [0.5, 0.6) is 0 Å². The minimum absolute atomic E-state index is 0.143. The number of carbonyl (C=O) groups excluding carboxylic acids is 1. The summed E-state index contributed by atoms with van der Waals surface area (Å²) in [5, 5.41) is 9.21. The van der Waals surface area contributed by atoms with Crippen molar-refractivity contribution >= 4 is 11.8 Å². The van der Waals surface area contributed by atoms with Crippen LogP contribution in [0.1, 0.15) is 45.9 Å². The van der Waals surface area contributed by atoms with Crippen molar-refractivity contribution in [2.45, 2.75) is 52.2 Å². The average molecular weight is 278 g/mol. The topological polar surface area (TPSA) is 62.7 Å². The first-order valence-corrected chi connectivity index (χ1v) is 6.75. The molecule has 1 aliphatic rings. The summed E-state index contributed by atoms with van der Waals surface area (Å²) < 4.78 is 5.45. The number of ether oxygens (including phenoxy) is 1. The molecule has 0 saturated heterocycles. The van der Waals surface area contributed by atoms with Gasteiger partial charge in [0.25, 0.3) is 0 Å². The van der Waals surface area contributed by atoms with Crippen molar-refractivity contribution in [2.75, 3.05) is 11.4 Å². The number of hydrogen-bond donors (Lipinski definition) is 1. The fourth-order valence-corrected chi connectivity index (χ4v) is 2.36. The van der Waals surface area contributed by atoms with Crippen molar-refractivity contribution in [2.24, 2.45) is 0 Å². The van der Waals surface area contributed by atoms with E-state index in [1.54, 1.807) is 17.2 Å². The van der Waals surface area contributed by atoms with Crippen LogP contribution in [0, 0.1) is 0 Å². The molecule has 20 heavy (non-hydrogen) atoms. The van der Waals surface area contributed by atoms with Crippen molar-refractivity contribution in [3.8, 4) is 0 Å². The number of aromatic nitrogens is 1. The van der Waals surface area contributed by atoms with E-state index in [9.17, 15) is 9.90 Å². The van der Waals surface area contributed by atoms with Crippen LogP contribution < -0.4 is 4.90 Å². The highest BCUT2D eigenvalue weighted by Gasteiger charge is 2.40. The number of rotatable bonds is 1. The summed E-state index contributed by atoms with van der Waals surface area (Å²) in [7, 11) is 0. The second-order valence-corrected chi connectivity index (χ2v) is 6.80. The monoisotopic (exact) mass is 278 g/mol. The number of aliphatic hydroxyl groups excluding tert-OH is 1. The highest BCUT2D eigenvalue weighted by atomic mass is 16.6. The zero-order valence-electron chi connectivity index (χ0n) is 12.7. The summed E-state index contributed by atoms with van der Waals surface area (Å²) in [4.78, 5) is 18.2. The zero-order chi connectivity index (χ0) is 15.1. The Balaban J connectivity index is 2.38. The number of carbonyl (C=O) groups is 1. The van der Waals surface area contributed by atoms with Crippen LogP contribution in [0.2, 0.25) is 0 Å². The smallest absolute Gasteiger partial charge is 0.414 e. The molecule has 1 aliphatic heterocycles. The maximum atomic E-state index is 12.3. The Labute approximate surface area is 119 Å². The molecule has 110 valence electrons. The lowest BCUT2D eigenvalue weighted by atomic mass is 9.88. The minimum atomic E-state index is -0.531. The van der Waals surface area contributed by atoms with Crippen molar-refractivity contribution in [3.63, 3.8) is 0 Å². The number of aliphatic hydroxyl groups is 1. The molecule has 0 fully saturated rings. The first-order chi connectivity index (χ1) is 9.14. The van der Waals surface area contributed by atoms with Gasteiger partial charge in [-0.15, -0.1) is 0 Å².